The van der Waals surface area contributed by atoms with E-state index in [1.807, 2.05) is 13.8 Å². The normalized spacial score (nSPS) is 11.1. The van der Waals surface area contributed by atoms with Gasteiger partial charge in [-0.1, -0.05) is 26.7 Å². The Bertz CT molecular complexity index is 103. The number of hydrogen-bond donors (Lipinski definition) is 1. The third-order valence-electron chi connectivity index (χ3n) is 1.56. The molecule has 0 bridgehead atoms. The molecule has 2 nitrogen and oxygen atoms in total. The second-order valence-corrected chi connectivity index (χ2v) is 3.87. The van der Waals surface area contributed by atoms with Gasteiger partial charge >= 0.3 is 8.03 Å². The molecular weight excluding hydrogens is 174 g/mol. The molecule has 0 amide bonds. The number of rotatable bonds is 5. The highest BCUT2D eigenvalue weighted by atomic mass is 31.1. The van der Waals surface area contributed by atoms with Gasteiger partial charge in [0.05, 0.1) is 0 Å². The standard InChI is InChI=1S/C7H15O2P.Al.3H/c1-3-5-7(6-4-2)10(8)9;;;;/h7H,3-6H2,1-2H3;;;;/p+1. The quantitative estimate of drug-likeness (QED) is 0.530. The Morgan fingerprint density at radius 2 is 1.64 bits per heavy atom. The summed E-state index contributed by atoms with van der Waals surface area (Å²) in [6.07, 6.45) is 3.79. The summed E-state index contributed by atoms with van der Waals surface area (Å²) in [6, 6.07) is 0. The molecule has 0 aromatic rings. The van der Waals surface area contributed by atoms with Gasteiger partial charge in [0.15, 0.2) is 23.0 Å². The predicted octanol–water partition coefficient (Wildman–Crippen LogP) is 1.51. The summed E-state index contributed by atoms with van der Waals surface area (Å²) in [4.78, 5) is 8.78. The molecule has 0 radical (unpaired) electrons. The van der Waals surface area contributed by atoms with E-state index in [2.05, 4.69) is 0 Å². The van der Waals surface area contributed by atoms with Crippen LogP contribution >= 0.6 is 8.03 Å². The molecule has 0 fully saturated rings. The molecule has 0 spiro atoms. The minimum absolute atomic E-state index is 0. The van der Waals surface area contributed by atoms with Crippen molar-refractivity contribution in [2.45, 2.75) is 45.2 Å². The van der Waals surface area contributed by atoms with Crippen LogP contribution in [0.15, 0.2) is 0 Å². The molecule has 1 N–H and O–H groups in total. The molecule has 1 atom stereocenters. The average Bonchev–Trinajstić information content (AvgIpc) is 1.87. The Morgan fingerprint density at radius 1 is 1.27 bits per heavy atom. The lowest BCUT2D eigenvalue weighted by Gasteiger charge is -1.98. The van der Waals surface area contributed by atoms with Gasteiger partial charge in [0.1, 0.15) is 0 Å². The van der Waals surface area contributed by atoms with Crippen molar-refractivity contribution in [1.82, 2.24) is 0 Å². The van der Waals surface area contributed by atoms with Crippen LogP contribution in [0.3, 0.4) is 0 Å². The van der Waals surface area contributed by atoms with Crippen LogP contribution in [-0.4, -0.2) is 27.9 Å². The first-order chi connectivity index (χ1) is 4.72. The van der Waals surface area contributed by atoms with E-state index in [1.54, 1.807) is 0 Å². The number of hydrogen-bond acceptors (Lipinski definition) is 1. The van der Waals surface area contributed by atoms with Crippen molar-refractivity contribution in [1.29, 1.82) is 0 Å². The lowest BCUT2D eigenvalue weighted by atomic mass is 10.2. The third kappa shape index (κ3) is 6.97. The largest absolute Gasteiger partial charge is 0.508 e. The van der Waals surface area contributed by atoms with Gasteiger partial charge in [-0.15, -0.1) is 0 Å². The maximum Gasteiger partial charge on any atom is 0.508 e. The van der Waals surface area contributed by atoms with Crippen LogP contribution in [0.25, 0.3) is 0 Å². The van der Waals surface area contributed by atoms with Crippen molar-refractivity contribution in [3.05, 3.63) is 0 Å². The van der Waals surface area contributed by atoms with Crippen molar-refractivity contribution in [3.8, 4) is 0 Å². The first kappa shape index (κ1) is 14.1. The molecule has 11 heavy (non-hydrogen) atoms. The minimum atomic E-state index is -1.93. The Labute approximate surface area is 80.4 Å². The zero-order chi connectivity index (χ0) is 7.98. The fourth-order valence-corrected chi connectivity index (χ4v) is 1.99. The molecule has 0 aromatic carbocycles. The predicted molar refractivity (Wildman–Crippen MR) is 53.4 cm³/mol. The molecule has 0 saturated heterocycles. The molecule has 0 heterocycles. The Morgan fingerprint density at radius 3 is 1.82 bits per heavy atom. The second-order valence-electron chi connectivity index (χ2n) is 2.53. The van der Waals surface area contributed by atoms with Crippen LogP contribution in [0.1, 0.15) is 39.5 Å². The molecule has 4 heteroatoms. The summed E-state index contributed by atoms with van der Waals surface area (Å²) in [5.74, 6) is 0. The second kappa shape index (κ2) is 8.69. The molecule has 0 aliphatic heterocycles. The van der Waals surface area contributed by atoms with Gasteiger partial charge < -0.3 is 0 Å². The lowest BCUT2D eigenvalue weighted by Crippen LogP contribution is -2.00. The zero-order valence-corrected chi connectivity index (χ0v) is 7.60. The van der Waals surface area contributed by atoms with Gasteiger partial charge in [0.2, 0.25) is 0 Å². The zero-order valence-electron chi connectivity index (χ0n) is 6.71. The summed E-state index contributed by atoms with van der Waals surface area (Å²) in [6.45, 7) is 4.09. The monoisotopic (exact) mass is 193 g/mol. The summed E-state index contributed by atoms with van der Waals surface area (Å²) in [5, 5.41) is 0. The van der Waals surface area contributed by atoms with Crippen molar-refractivity contribution in [2.75, 3.05) is 0 Å². The fraction of sp³-hybridized carbons (Fsp3) is 1.00. The molecular formula is C7H19AlO2P+. The van der Waals surface area contributed by atoms with Crippen LogP contribution in [0.5, 0.6) is 0 Å². The van der Waals surface area contributed by atoms with Gasteiger partial charge in [0, 0.05) is 0 Å². The highest BCUT2D eigenvalue weighted by molar-refractivity contribution is 7.38. The topological polar surface area (TPSA) is 37.3 Å². The van der Waals surface area contributed by atoms with Crippen LogP contribution in [0.2, 0.25) is 0 Å². The average molecular weight is 193 g/mol. The van der Waals surface area contributed by atoms with Crippen LogP contribution in [0, 0.1) is 0 Å². The molecule has 0 rings (SSSR count). The van der Waals surface area contributed by atoms with E-state index in [0.29, 0.717) is 0 Å². The van der Waals surface area contributed by atoms with Gasteiger partial charge in [-0.3, -0.25) is 0 Å². The molecule has 1 unspecified atom stereocenters. The van der Waals surface area contributed by atoms with Crippen LogP contribution in [-0.2, 0) is 4.57 Å². The van der Waals surface area contributed by atoms with E-state index in [-0.39, 0.29) is 23.0 Å². The summed E-state index contributed by atoms with van der Waals surface area (Å²) >= 11 is 0. The molecule has 0 saturated carbocycles. The Balaban J connectivity index is 0. The first-order valence-electron chi connectivity index (χ1n) is 3.87. The molecule has 66 valence electrons. The van der Waals surface area contributed by atoms with Crippen LogP contribution in [0.4, 0.5) is 0 Å². The van der Waals surface area contributed by atoms with Crippen molar-refractivity contribution in [3.63, 3.8) is 0 Å². The van der Waals surface area contributed by atoms with Gasteiger partial charge in [-0.25, -0.2) is 0 Å². The molecule has 0 aromatic heterocycles. The van der Waals surface area contributed by atoms with Crippen molar-refractivity contribution >= 4 is 25.4 Å². The lowest BCUT2D eigenvalue weighted by molar-refractivity contribution is 0.475. The maximum atomic E-state index is 10.6. The van der Waals surface area contributed by atoms with E-state index in [9.17, 15) is 4.57 Å². The van der Waals surface area contributed by atoms with Gasteiger partial charge in [-0.05, 0) is 17.4 Å². The Hall–Kier alpha value is 0.592. The third-order valence-corrected chi connectivity index (χ3v) is 2.70. The van der Waals surface area contributed by atoms with E-state index < -0.39 is 8.03 Å². The van der Waals surface area contributed by atoms with E-state index >= 15 is 0 Å². The van der Waals surface area contributed by atoms with E-state index in [0.717, 1.165) is 25.7 Å². The first-order valence-corrected chi connectivity index (χ1v) is 5.15. The summed E-state index contributed by atoms with van der Waals surface area (Å²) < 4.78 is 10.6. The smallest absolute Gasteiger partial charge is 0.161 e. The SMILES string of the molecule is CCCC(CCC)[P+](=O)O.[AlH3]. The molecule has 0 aliphatic rings. The van der Waals surface area contributed by atoms with Crippen molar-refractivity contribution < 1.29 is 9.46 Å². The maximum absolute atomic E-state index is 10.6. The van der Waals surface area contributed by atoms with Crippen LogP contribution < -0.4 is 0 Å². The van der Waals surface area contributed by atoms with Gasteiger partial charge in [0.25, 0.3) is 0 Å². The van der Waals surface area contributed by atoms with E-state index in [1.165, 1.54) is 0 Å². The van der Waals surface area contributed by atoms with Gasteiger partial charge in [-0.2, -0.15) is 4.89 Å². The summed E-state index contributed by atoms with van der Waals surface area (Å²) in [7, 11) is -1.93. The van der Waals surface area contributed by atoms with Crippen molar-refractivity contribution in [2.24, 2.45) is 0 Å². The molecule has 0 aliphatic carbocycles. The fourth-order valence-electron chi connectivity index (χ4n) is 1.03. The highest BCUT2D eigenvalue weighted by Gasteiger charge is 2.26. The Kier molecular flexibility index (Phi) is 11.2. The highest BCUT2D eigenvalue weighted by Crippen LogP contribution is 2.29. The van der Waals surface area contributed by atoms with E-state index in [4.69, 9.17) is 4.89 Å². The summed E-state index contributed by atoms with van der Waals surface area (Å²) in [5.41, 5.74) is 0.0463. The minimum Gasteiger partial charge on any atom is -0.161 e.